The van der Waals surface area contributed by atoms with Crippen molar-refractivity contribution in [2.24, 2.45) is 0 Å². The second kappa shape index (κ2) is 10.7. The predicted molar refractivity (Wildman–Crippen MR) is 134 cm³/mol. The Bertz CT molecular complexity index is 1040. The van der Waals surface area contributed by atoms with Crippen molar-refractivity contribution in [3.05, 3.63) is 64.7 Å². The number of amides is 1. The number of hydrogen-bond acceptors (Lipinski definition) is 6. The Kier molecular flexibility index (Phi) is 7.39. The molecule has 0 radical (unpaired) electrons. The number of aliphatic hydroxyl groups is 2. The molecule has 2 unspecified atom stereocenters. The first kappa shape index (κ1) is 24.3. The molecule has 0 bridgehead atoms. The molecule has 0 aliphatic carbocycles. The average Bonchev–Trinajstić information content (AvgIpc) is 3.02. The van der Waals surface area contributed by atoms with Crippen LogP contribution in [0.25, 0.3) is 0 Å². The summed E-state index contributed by atoms with van der Waals surface area (Å²) in [5.41, 5.74) is 4.39. The van der Waals surface area contributed by atoms with Gasteiger partial charge in [-0.25, -0.2) is 0 Å². The van der Waals surface area contributed by atoms with E-state index in [1.807, 2.05) is 18.2 Å². The van der Waals surface area contributed by atoms with Crippen LogP contribution >= 0.6 is 0 Å². The van der Waals surface area contributed by atoms with Gasteiger partial charge < -0.3 is 19.8 Å². The number of rotatable bonds is 6. The maximum absolute atomic E-state index is 13.3. The standard InChI is InChI=1S/C28H37N3O4/c1-20(30-12-9-24(32)10-13-30)22-6-7-26-27(16-22)35-15-14-31(28(26)34)19-25(33)18-29-11-8-21-4-2-3-5-23(21)17-29/h2-7,16,20,24-25,32-33H,8-15,17-19H2,1H3. The number of β-amino-alcohol motifs (C(OH)–C–C–N with tert-alkyl or cyclic N) is 1. The highest BCUT2D eigenvalue weighted by atomic mass is 16.5. The monoisotopic (exact) mass is 479 g/mol. The summed E-state index contributed by atoms with van der Waals surface area (Å²) in [6.07, 6.45) is 1.78. The van der Waals surface area contributed by atoms with Crippen LogP contribution in [0.1, 0.15) is 52.9 Å². The molecule has 3 heterocycles. The minimum atomic E-state index is -0.612. The fourth-order valence-corrected chi connectivity index (χ4v) is 5.61. The molecule has 2 N–H and O–H groups in total. The van der Waals surface area contributed by atoms with Crippen LogP contribution in [0.4, 0.5) is 0 Å². The van der Waals surface area contributed by atoms with Crippen molar-refractivity contribution in [3.8, 4) is 5.75 Å². The minimum Gasteiger partial charge on any atom is -0.491 e. The zero-order valence-electron chi connectivity index (χ0n) is 20.6. The number of carbonyl (C=O) groups is 1. The molecule has 2 aromatic rings. The second-order valence-electron chi connectivity index (χ2n) is 10.2. The molecule has 1 saturated heterocycles. The van der Waals surface area contributed by atoms with Crippen LogP contribution in [0, 0.1) is 0 Å². The predicted octanol–water partition coefficient (Wildman–Crippen LogP) is 2.46. The lowest BCUT2D eigenvalue weighted by Crippen LogP contribution is -2.44. The largest absolute Gasteiger partial charge is 0.491 e. The van der Waals surface area contributed by atoms with Crippen LogP contribution in [-0.2, 0) is 13.0 Å². The van der Waals surface area contributed by atoms with Crippen molar-refractivity contribution in [1.29, 1.82) is 0 Å². The number of nitrogens with zero attached hydrogens (tertiary/aromatic N) is 3. The summed E-state index contributed by atoms with van der Waals surface area (Å²) in [4.78, 5) is 19.7. The van der Waals surface area contributed by atoms with E-state index in [0.717, 1.165) is 51.0 Å². The van der Waals surface area contributed by atoms with E-state index in [2.05, 4.69) is 41.0 Å². The minimum absolute atomic E-state index is 0.0826. The molecule has 0 saturated carbocycles. The summed E-state index contributed by atoms with van der Waals surface area (Å²) < 4.78 is 6.00. The molecule has 3 aliphatic heterocycles. The lowest BCUT2D eigenvalue weighted by atomic mass is 9.99. The first-order valence-electron chi connectivity index (χ1n) is 12.9. The van der Waals surface area contributed by atoms with Gasteiger partial charge in [-0.3, -0.25) is 14.6 Å². The van der Waals surface area contributed by atoms with E-state index in [-0.39, 0.29) is 18.1 Å². The number of carbonyl (C=O) groups excluding carboxylic acids is 1. The van der Waals surface area contributed by atoms with Crippen LogP contribution in [0.3, 0.4) is 0 Å². The Morgan fingerprint density at radius 2 is 1.80 bits per heavy atom. The van der Waals surface area contributed by atoms with Crippen molar-refractivity contribution in [3.63, 3.8) is 0 Å². The lowest BCUT2D eigenvalue weighted by molar-refractivity contribution is 0.0501. The van der Waals surface area contributed by atoms with Crippen molar-refractivity contribution in [2.75, 3.05) is 45.9 Å². The molecule has 0 aromatic heterocycles. The van der Waals surface area contributed by atoms with E-state index in [1.54, 1.807) is 4.90 Å². The first-order valence-corrected chi connectivity index (χ1v) is 12.9. The summed E-state index contributed by atoms with van der Waals surface area (Å²) in [7, 11) is 0. The topological polar surface area (TPSA) is 76.5 Å². The molecule has 3 aliphatic rings. The maximum atomic E-state index is 13.3. The summed E-state index contributed by atoms with van der Waals surface area (Å²) in [5.74, 6) is 0.543. The molecule has 188 valence electrons. The van der Waals surface area contributed by atoms with Crippen LogP contribution in [0.5, 0.6) is 5.75 Å². The number of aliphatic hydroxyl groups excluding tert-OH is 2. The molecule has 7 heteroatoms. The third-order valence-electron chi connectivity index (χ3n) is 7.78. The van der Waals surface area contributed by atoms with Crippen molar-refractivity contribution in [1.82, 2.24) is 14.7 Å². The summed E-state index contributed by atoms with van der Waals surface area (Å²) in [5, 5.41) is 20.6. The molecular weight excluding hydrogens is 442 g/mol. The van der Waals surface area contributed by atoms with Crippen LogP contribution in [0.15, 0.2) is 42.5 Å². The van der Waals surface area contributed by atoms with Gasteiger partial charge in [0.1, 0.15) is 12.4 Å². The molecule has 0 spiro atoms. The summed E-state index contributed by atoms with van der Waals surface area (Å²) in [6, 6.07) is 14.6. The van der Waals surface area contributed by atoms with Crippen molar-refractivity contribution < 1.29 is 19.7 Å². The van der Waals surface area contributed by atoms with E-state index in [0.29, 0.717) is 37.6 Å². The number of ether oxygens (including phenoxy) is 1. The Morgan fingerprint density at radius 1 is 1.03 bits per heavy atom. The van der Waals surface area contributed by atoms with Gasteiger partial charge in [-0.1, -0.05) is 30.3 Å². The highest BCUT2D eigenvalue weighted by Crippen LogP contribution is 2.31. The average molecular weight is 480 g/mol. The smallest absolute Gasteiger partial charge is 0.257 e. The van der Waals surface area contributed by atoms with Crippen LogP contribution in [-0.4, -0.2) is 88.9 Å². The second-order valence-corrected chi connectivity index (χ2v) is 10.2. The van der Waals surface area contributed by atoms with Gasteiger partial charge >= 0.3 is 0 Å². The highest BCUT2D eigenvalue weighted by Gasteiger charge is 2.28. The zero-order chi connectivity index (χ0) is 24.4. The Balaban J connectivity index is 1.21. The van der Waals surface area contributed by atoms with Gasteiger partial charge in [0.05, 0.1) is 24.3 Å². The lowest BCUT2D eigenvalue weighted by Gasteiger charge is -2.34. The molecule has 5 rings (SSSR count). The Hall–Kier alpha value is -2.45. The van der Waals surface area contributed by atoms with Gasteiger partial charge in [0, 0.05) is 45.3 Å². The van der Waals surface area contributed by atoms with Crippen molar-refractivity contribution in [2.45, 2.75) is 51.0 Å². The number of hydrogen-bond donors (Lipinski definition) is 2. The SMILES string of the molecule is CC(c1ccc2c(c1)OCCN(CC(O)CN1CCc3ccccc3C1)C2=O)N1CCC(O)CC1. The van der Waals surface area contributed by atoms with E-state index in [9.17, 15) is 15.0 Å². The van der Waals surface area contributed by atoms with E-state index < -0.39 is 6.10 Å². The van der Waals surface area contributed by atoms with Crippen LogP contribution in [0.2, 0.25) is 0 Å². The van der Waals surface area contributed by atoms with Crippen molar-refractivity contribution >= 4 is 5.91 Å². The normalized spacial score (nSPS) is 21.6. The van der Waals surface area contributed by atoms with Gasteiger partial charge in [-0.05, 0) is 55.0 Å². The van der Waals surface area contributed by atoms with E-state index >= 15 is 0 Å². The molecule has 2 atom stereocenters. The third-order valence-corrected chi connectivity index (χ3v) is 7.78. The quantitative estimate of drug-likeness (QED) is 0.663. The van der Waals surface area contributed by atoms with Gasteiger partial charge in [-0.2, -0.15) is 0 Å². The molecular formula is C28H37N3O4. The molecule has 7 nitrogen and oxygen atoms in total. The highest BCUT2D eigenvalue weighted by molar-refractivity contribution is 5.97. The third kappa shape index (κ3) is 5.54. The van der Waals surface area contributed by atoms with Gasteiger partial charge in [0.15, 0.2) is 0 Å². The van der Waals surface area contributed by atoms with Gasteiger partial charge in [0.25, 0.3) is 5.91 Å². The van der Waals surface area contributed by atoms with Crippen LogP contribution < -0.4 is 4.74 Å². The number of benzene rings is 2. The number of piperidine rings is 1. The zero-order valence-corrected chi connectivity index (χ0v) is 20.6. The van der Waals surface area contributed by atoms with Gasteiger partial charge in [-0.15, -0.1) is 0 Å². The molecule has 35 heavy (non-hydrogen) atoms. The van der Waals surface area contributed by atoms with E-state index in [1.165, 1.54) is 11.1 Å². The molecule has 1 fully saturated rings. The molecule has 2 aromatic carbocycles. The summed E-state index contributed by atoms with van der Waals surface area (Å²) in [6.45, 7) is 7.38. The maximum Gasteiger partial charge on any atom is 0.257 e. The fraction of sp³-hybridized carbons (Fsp3) is 0.536. The summed E-state index contributed by atoms with van der Waals surface area (Å²) >= 11 is 0. The fourth-order valence-electron chi connectivity index (χ4n) is 5.61. The number of fused-ring (bicyclic) bond motifs is 2. The number of likely N-dealkylation sites (tertiary alicyclic amines) is 1. The Morgan fingerprint density at radius 3 is 2.60 bits per heavy atom. The van der Waals surface area contributed by atoms with E-state index in [4.69, 9.17) is 4.74 Å². The first-order chi connectivity index (χ1) is 17.0. The molecule has 1 amide bonds. The van der Waals surface area contributed by atoms with Gasteiger partial charge in [0.2, 0.25) is 0 Å². The Labute approximate surface area is 207 Å².